The van der Waals surface area contributed by atoms with Crippen LogP contribution in [0.25, 0.3) is 0 Å². The van der Waals surface area contributed by atoms with Crippen molar-refractivity contribution in [1.82, 2.24) is 5.32 Å². The average molecular weight is 339 g/mol. The van der Waals surface area contributed by atoms with Crippen LogP contribution in [0.15, 0.2) is 48.5 Å². The number of hydrogen-bond donors (Lipinski definition) is 1. The van der Waals surface area contributed by atoms with E-state index in [-0.39, 0.29) is 11.3 Å². The maximum absolute atomic E-state index is 12.6. The quantitative estimate of drug-likeness (QED) is 0.798. The van der Waals surface area contributed by atoms with Crippen LogP contribution >= 0.6 is 0 Å². The Labute approximate surface area is 149 Å². The van der Waals surface area contributed by atoms with Crippen molar-refractivity contribution in [2.75, 3.05) is 20.3 Å². The molecule has 1 aliphatic rings. The molecule has 0 radical (unpaired) electrons. The maximum Gasteiger partial charge on any atom is 0.251 e. The molecular formula is C21H25NO3. The van der Waals surface area contributed by atoms with Gasteiger partial charge in [-0.3, -0.25) is 4.79 Å². The molecule has 1 aliphatic carbocycles. The van der Waals surface area contributed by atoms with Gasteiger partial charge >= 0.3 is 0 Å². The van der Waals surface area contributed by atoms with Crippen molar-refractivity contribution >= 4 is 5.91 Å². The molecule has 1 amide bonds. The molecule has 2 aromatic rings. The number of methoxy groups -OCH3 is 1. The summed E-state index contributed by atoms with van der Waals surface area (Å²) >= 11 is 0. The minimum absolute atomic E-state index is 0.0531. The van der Waals surface area contributed by atoms with Crippen molar-refractivity contribution < 1.29 is 14.3 Å². The van der Waals surface area contributed by atoms with Crippen molar-refractivity contribution in [1.29, 1.82) is 0 Å². The Balaban J connectivity index is 1.67. The zero-order chi connectivity index (χ0) is 17.7. The predicted molar refractivity (Wildman–Crippen MR) is 98.0 cm³/mol. The summed E-state index contributed by atoms with van der Waals surface area (Å²) in [6.45, 7) is 3.68. The lowest BCUT2D eigenvalue weighted by molar-refractivity contribution is 0.0949. The highest BCUT2D eigenvalue weighted by Crippen LogP contribution is 2.47. The molecule has 1 fully saturated rings. The molecule has 0 atom stereocenters. The van der Waals surface area contributed by atoms with Crippen LogP contribution in [-0.4, -0.2) is 26.2 Å². The first-order chi connectivity index (χ1) is 12.2. The summed E-state index contributed by atoms with van der Waals surface area (Å²) in [6, 6.07) is 15.9. The van der Waals surface area contributed by atoms with Crippen molar-refractivity contribution in [2.24, 2.45) is 0 Å². The van der Waals surface area contributed by atoms with Gasteiger partial charge in [0.15, 0.2) is 0 Å². The zero-order valence-corrected chi connectivity index (χ0v) is 14.9. The van der Waals surface area contributed by atoms with Gasteiger partial charge in [0.1, 0.15) is 5.75 Å². The Morgan fingerprint density at radius 2 is 1.92 bits per heavy atom. The standard InChI is InChI=1S/C21H25NO3/c1-3-25-14-17-13-16(9-10-19(17)24-2)20(23)22-15-21(11-12-21)18-7-5-4-6-8-18/h4-10,13H,3,11-12,14-15H2,1-2H3,(H,22,23). The molecule has 25 heavy (non-hydrogen) atoms. The van der Waals surface area contributed by atoms with E-state index in [1.807, 2.05) is 25.1 Å². The Bertz CT molecular complexity index is 723. The first-order valence-electron chi connectivity index (χ1n) is 8.77. The SMILES string of the molecule is CCOCc1cc(C(=O)NCC2(c3ccccc3)CC2)ccc1OC. The molecule has 0 aromatic heterocycles. The number of carbonyl (C=O) groups is 1. The van der Waals surface area contributed by atoms with E-state index in [0.717, 1.165) is 24.2 Å². The highest BCUT2D eigenvalue weighted by atomic mass is 16.5. The first kappa shape index (κ1) is 17.5. The molecule has 3 rings (SSSR count). The Morgan fingerprint density at radius 3 is 2.56 bits per heavy atom. The summed E-state index contributed by atoms with van der Waals surface area (Å²) < 4.78 is 10.8. The van der Waals surface area contributed by atoms with E-state index in [4.69, 9.17) is 9.47 Å². The topological polar surface area (TPSA) is 47.6 Å². The van der Waals surface area contributed by atoms with E-state index in [2.05, 4.69) is 29.6 Å². The number of nitrogens with one attached hydrogen (secondary N) is 1. The predicted octanol–water partition coefficient (Wildman–Crippen LogP) is 3.69. The second-order valence-corrected chi connectivity index (χ2v) is 6.49. The monoisotopic (exact) mass is 339 g/mol. The highest BCUT2D eigenvalue weighted by Gasteiger charge is 2.44. The van der Waals surface area contributed by atoms with E-state index in [9.17, 15) is 4.79 Å². The van der Waals surface area contributed by atoms with Crippen molar-refractivity contribution in [3.8, 4) is 5.75 Å². The Hall–Kier alpha value is -2.33. The summed E-state index contributed by atoms with van der Waals surface area (Å²) in [4.78, 5) is 12.6. The number of rotatable bonds is 8. The van der Waals surface area contributed by atoms with E-state index in [1.54, 1.807) is 13.2 Å². The maximum atomic E-state index is 12.6. The summed E-state index contributed by atoms with van der Waals surface area (Å²) in [5, 5.41) is 3.10. The molecule has 0 heterocycles. The summed E-state index contributed by atoms with van der Waals surface area (Å²) in [5.74, 6) is 0.690. The van der Waals surface area contributed by atoms with E-state index >= 15 is 0 Å². The van der Waals surface area contributed by atoms with Gasteiger partial charge in [-0.05, 0) is 43.5 Å². The normalized spacial score (nSPS) is 14.8. The van der Waals surface area contributed by atoms with E-state index in [1.165, 1.54) is 5.56 Å². The van der Waals surface area contributed by atoms with Gasteiger partial charge in [0.2, 0.25) is 0 Å². The number of ether oxygens (including phenoxy) is 2. The number of carbonyl (C=O) groups excluding carboxylic acids is 1. The van der Waals surface area contributed by atoms with Crippen LogP contribution in [0.5, 0.6) is 5.75 Å². The van der Waals surface area contributed by atoms with Crippen LogP contribution in [0.4, 0.5) is 0 Å². The molecular weight excluding hydrogens is 314 g/mol. The third kappa shape index (κ3) is 4.02. The molecule has 4 nitrogen and oxygen atoms in total. The van der Waals surface area contributed by atoms with Gasteiger partial charge in [0.05, 0.1) is 13.7 Å². The van der Waals surface area contributed by atoms with Crippen molar-refractivity contribution in [3.05, 3.63) is 65.2 Å². The lowest BCUT2D eigenvalue weighted by Crippen LogP contribution is -2.32. The number of amides is 1. The van der Waals surface area contributed by atoms with Crippen molar-refractivity contribution in [2.45, 2.75) is 31.8 Å². The smallest absolute Gasteiger partial charge is 0.251 e. The van der Waals surface area contributed by atoms with Crippen LogP contribution in [0, 0.1) is 0 Å². The van der Waals surface area contributed by atoms with Gasteiger partial charge in [0.25, 0.3) is 5.91 Å². The van der Waals surface area contributed by atoms with Crippen LogP contribution in [0.1, 0.15) is 41.3 Å². The Kier molecular flexibility index (Phi) is 5.39. The van der Waals surface area contributed by atoms with Crippen LogP contribution < -0.4 is 10.1 Å². The Morgan fingerprint density at radius 1 is 1.16 bits per heavy atom. The first-order valence-corrected chi connectivity index (χ1v) is 8.77. The fourth-order valence-corrected chi connectivity index (χ4v) is 3.11. The minimum Gasteiger partial charge on any atom is -0.496 e. The van der Waals surface area contributed by atoms with Gasteiger partial charge in [0, 0.05) is 29.7 Å². The van der Waals surface area contributed by atoms with Crippen LogP contribution in [0.3, 0.4) is 0 Å². The molecule has 1 N–H and O–H groups in total. The van der Waals surface area contributed by atoms with Gasteiger partial charge < -0.3 is 14.8 Å². The molecule has 0 bridgehead atoms. The van der Waals surface area contributed by atoms with E-state index in [0.29, 0.717) is 25.3 Å². The second kappa shape index (κ2) is 7.70. The molecule has 132 valence electrons. The fourth-order valence-electron chi connectivity index (χ4n) is 3.11. The van der Waals surface area contributed by atoms with Gasteiger partial charge in [-0.15, -0.1) is 0 Å². The third-order valence-corrected chi connectivity index (χ3v) is 4.83. The molecule has 0 unspecified atom stereocenters. The molecule has 0 saturated heterocycles. The fraction of sp³-hybridized carbons (Fsp3) is 0.381. The molecule has 1 saturated carbocycles. The highest BCUT2D eigenvalue weighted by molar-refractivity contribution is 5.94. The van der Waals surface area contributed by atoms with Gasteiger partial charge in [-0.25, -0.2) is 0 Å². The van der Waals surface area contributed by atoms with Crippen LogP contribution in [0.2, 0.25) is 0 Å². The molecule has 4 heteroatoms. The van der Waals surface area contributed by atoms with E-state index < -0.39 is 0 Å². The van der Waals surface area contributed by atoms with Gasteiger partial charge in [-0.2, -0.15) is 0 Å². The largest absolute Gasteiger partial charge is 0.496 e. The summed E-state index contributed by atoms with van der Waals surface area (Å²) in [7, 11) is 1.63. The van der Waals surface area contributed by atoms with Crippen LogP contribution in [-0.2, 0) is 16.8 Å². The minimum atomic E-state index is -0.0531. The molecule has 0 aliphatic heterocycles. The number of hydrogen-bond acceptors (Lipinski definition) is 3. The number of benzene rings is 2. The average Bonchev–Trinajstić information content (AvgIpc) is 3.46. The lowest BCUT2D eigenvalue weighted by Gasteiger charge is -2.17. The second-order valence-electron chi connectivity index (χ2n) is 6.49. The molecule has 2 aromatic carbocycles. The molecule has 0 spiro atoms. The van der Waals surface area contributed by atoms with Gasteiger partial charge in [-0.1, -0.05) is 30.3 Å². The summed E-state index contributed by atoms with van der Waals surface area (Å²) in [5.41, 5.74) is 2.94. The van der Waals surface area contributed by atoms with Crippen molar-refractivity contribution in [3.63, 3.8) is 0 Å². The lowest BCUT2D eigenvalue weighted by atomic mass is 9.96. The third-order valence-electron chi connectivity index (χ3n) is 4.83. The summed E-state index contributed by atoms with van der Waals surface area (Å²) in [6.07, 6.45) is 2.24. The zero-order valence-electron chi connectivity index (χ0n) is 14.9.